The monoisotopic (exact) mass is 428 g/mol. The highest BCUT2D eigenvalue weighted by Crippen LogP contribution is 2.19. The van der Waals surface area contributed by atoms with Crippen molar-refractivity contribution >= 4 is 17.7 Å². The highest BCUT2D eigenvalue weighted by molar-refractivity contribution is 5.94. The number of hydrogen-bond acceptors (Lipinski definition) is 4. The van der Waals surface area contributed by atoms with E-state index in [1.165, 1.54) is 0 Å². The Morgan fingerprint density at radius 3 is 2.16 bits per heavy atom. The first kappa shape index (κ1) is 23.3. The highest BCUT2D eigenvalue weighted by atomic mass is 16.2. The van der Waals surface area contributed by atoms with E-state index in [0.717, 1.165) is 57.3 Å². The summed E-state index contributed by atoms with van der Waals surface area (Å²) in [6.07, 6.45) is 4.41. The minimum atomic E-state index is 0.0671. The maximum atomic E-state index is 12.7. The maximum absolute atomic E-state index is 12.7. The van der Waals surface area contributed by atoms with Gasteiger partial charge in [0.1, 0.15) is 0 Å². The quantitative estimate of drug-likeness (QED) is 0.722. The molecular formula is C24H36N4O3. The molecule has 1 N–H and O–H groups in total. The second-order valence-corrected chi connectivity index (χ2v) is 8.71. The second kappa shape index (κ2) is 11.3. The van der Waals surface area contributed by atoms with Gasteiger partial charge < -0.3 is 15.1 Å². The number of benzene rings is 1. The number of amides is 3. The fourth-order valence-corrected chi connectivity index (χ4v) is 4.67. The van der Waals surface area contributed by atoms with Gasteiger partial charge in [-0.3, -0.25) is 19.3 Å². The number of hydrogen-bond donors (Lipinski definition) is 1. The molecule has 0 atom stereocenters. The van der Waals surface area contributed by atoms with Crippen LogP contribution in [0.5, 0.6) is 0 Å². The molecule has 0 radical (unpaired) electrons. The predicted molar refractivity (Wildman–Crippen MR) is 121 cm³/mol. The molecule has 3 rings (SSSR count). The zero-order chi connectivity index (χ0) is 22.2. The summed E-state index contributed by atoms with van der Waals surface area (Å²) in [5.74, 6) is 0.268. The minimum Gasteiger partial charge on any atom is -0.352 e. The third kappa shape index (κ3) is 6.53. The van der Waals surface area contributed by atoms with E-state index in [2.05, 4.69) is 17.1 Å². The van der Waals surface area contributed by atoms with Gasteiger partial charge >= 0.3 is 0 Å². The standard InChI is InChI=1S/C24H36N4O3/c1-3-13-28(18-23(30)25-21-9-14-26(15-10-21)19(2)29)22-11-16-27(17-12-22)24(31)20-7-5-4-6-8-20/h4-8,21-22H,3,9-18H2,1-2H3,(H,25,30). The average Bonchev–Trinajstić information content (AvgIpc) is 2.79. The van der Waals surface area contributed by atoms with Crippen LogP contribution in [0.4, 0.5) is 0 Å². The Labute approximate surface area is 185 Å². The Kier molecular flexibility index (Phi) is 8.46. The number of likely N-dealkylation sites (tertiary alicyclic amines) is 2. The van der Waals surface area contributed by atoms with Crippen LogP contribution in [0.25, 0.3) is 0 Å². The molecule has 7 heteroatoms. The molecule has 1 aromatic rings. The van der Waals surface area contributed by atoms with Crippen LogP contribution in [-0.4, -0.2) is 83.8 Å². The Hall–Kier alpha value is -2.41. The van der Waals surface area contributed by atoms with Crippen LogP contribution in [0, 0.1) is 0 Å². The summed E-state index contributed by atoms with van der Waals surface area (Å²) in [6, 6.07) is 9.91. The lowest BCUT2D eigenvalue weighted by atomic mass is 10.0. The summed E-state index contributed by atoms with van der Waals surface area (Å²) in [5, 5.41) is 3.17. The summed E-state index contributed by atoms with van der Waals surface area (Å²) in [5.41, 5.74) is 0.738. The smallest absolute Gasteiger partial charge is 0.253 e. The molecule has 2 heterocycles. The molecule has 2 fully saturated rings. The number of carbonyl (C=O) groups is 3. The van der Waals surface area contributed by atoms with E-state index < -0.39 is 0 Å². The number of nitrogens with zero attached hydrogens (tertiary/aromatic N) is 3. The third-order valence-corrected chi connectivity index (χ3v) is 6.45. The van der Waals surface area contributed by atoms with Crippen molar-refractivity contribution in [2.75, 3.05) is 39.3 Å². The lowest BCUT2D eigenvalue weighted by Crippen LogP contribution is -2.52. The van der Waals surface area contributed by atoms with Crippen LogP contribution in [0.2, 0.25) is 0 Å². The number of nitrogens with one attached hydrogen (secondary N) is 1. The topological polar surface area (TPSA) is 73.0 Å². The molecule has 2 saturated heterocycles. The number of carbonyl (C=O) groups excluding carboxylic acids is 3. The molecule has 0 spiro atoms. The van der Waals surface area contributed by atoms with Gasteiger partial charge in [-0.05, 0) is 50.8 Å². The van der Waals surface area contributed by atoms with Crippen LogP contribution in [0.1, 0.15) is 56.3 Å². The van der Waals surface area contributed by atoms with Gasteiger partial charge in [0.25, 0.3) is 5.91 Å². The Morgan fingerprint density at radius 1 is 0.968 bits per heavy atom. The number of piperidine rings is 2. The highest BCUT2D eigenvalue weighted by Gasteiger charge is 2.29. The van der Waals surface area contributed by atoms with Gasteiger partial charge in [0, 0.05) is 50.7 Å². The molecule has 0 unspecified atom stereocenters. The Balaban J connectivity index is 1.47. The van der Waals surface area contributed by atoms with Crippen molar-refractivity contribution < 1.29 is 14.4 Å². The molecule has 0 aromatic heterocycles. The van der Waals surface area contributed by atoms with Gasteiger partial charge in [-0.1, -0.05) is 25.1 Å². The Morgan fingerprint density at radius 2 is 1.58 bits per heavy atom. The summed E-state index contributed by atoms with van der Waals surface area (Å²) in [6.45, 7) is 7.90. The second-order valence-electron chi connectivity index (χ2n) is 8.71. The molecule has 170 valence electrons. The van der Waals surface area contributed by atoms with Crippen LogP contribution in [-0.2, 0) is 9.59 Å². The lowest BCUT2D eigenvalue weighted by Gasteiger charge is -2.38. The van der Waals surface area contributed by atoms with E-state index in [1.54, 1.807) is 6.92 Å². The SMILES string of the molecule is CCCN(CC(=O)NC1CCN(C(C)=O)CC1)C1CCN(C(=O)c2ccccc2)CC1. The van der Waals surface area contributed by atoms with Crippen LogP contribution in [0.15, 0.2) is 30.3 Å². The van der Waals surface area contributed by atoms with Crippen LogP contribution < -0.4 is 5.32 Å². The first-order chi connectivity index (χ1) is 15.0. The van der Waals surface area contributed by atoms with E-state index in [4.69, 9.17) is 0 Å². The molecular weight excluding hydrogens is 392 g/mol. The van der Waals surface area contributed by atoms with Crippen LogP contribution >= 0.6 is 0 Å². The minimum absolute atomic E-state index is 0.0671. The zero-order valence-electron chi connectivity index (χ0n) is 18.9. The van der Waals surface area contributed by atoms with Crippen molar-refractivity contribution in [3.05, 3.63) is 35.9 Å². The van der Waals surface area contributed by atoms with Gasteiger partial charge in [-0.25, -0.2) is 0 Å². The van der Waals surface area contributed by atoms with E-state index in [-0.39, 0.29) is 23.8 Å². The van der Waals surface area contributed by atoms with Crippen molar-refractivity contribution in [3.8, 4) is 0 Å². The fraction of sp³-hybridized carbons (Fsp3) is 0.625. The molecule has 31 heavy (non-hydrogen) atoms. The molecule has 7 nitrogen and oxygen atoms in total. The first-order valence-electron chi connectivity index (χ1n) is 11.6. The van der Waals surface area contributed by atoms with Crippen molar-refractivity contribution in [1.82, 2.24) is 20.0 Å². The van der Waals surface area contributed by atoms with Gasteiger partial charge in [-0.2, -0.15) is 0 Å². The van der Waals surface area contributed by atoms with Crippen molar-refractivity contribution in [2.24, 2.45) is 0 Å². The zero-order valence-corrected chi connectivity index (χ0v) is 18.9. The summed E-state index contributed by atoms with van der Waals surface area (Å²) in [4.78, 5) is 42.9. The summed E-state index contributed by atoms with van der Waals surface area (Å²) >= 11 is 0. The van der Waals surface area contributed by atoms with Gasteiger partial charge in [0.15, 0.2) is 0 Å². The maximum Gasteiger partial charge on any atom is 0.253 e. The molecule has 0 bridgehead atoms. The van der Waals surface area contributed by atoms with E-state index >= 15 is 0 Å². The predicted octanol–water partition coefficient (Wildman–Crippen LogP) is 2.13. The van der Waals surface area contributed by atoms with Crippen LogP contribution in [0.3, 0.4) is 0 Å². The first-order valence-corrected chi connectivity index (χ1v) is 11.6. The van der Waals surface area contributed by atoms with Crippen molar-refractivity contribution in [2.45, 2.75) is 58.0 Å². The van der Waals surface area contributed by atoms with E-state index in [1.807, 2.05) is 40.1 Å². The van der Waals surface area contributed by atoms with Crippen molar-refractivity contribution in [3.63, 3.8) is 0 Å². The normalized spacial score (nSPS) is 18.3. The molecule has 0 aliphatic carbocycles. The van der Waals surface area contributed by atoms with Crippen molar-refractivity contribution in [1.29, 1.82) is 0 Å². The average molecular weight is 429 g/mol. The van der Waals surface area contributed by atoms with E-state index in [9.17, 15) is 14.4 Å². The molecule has 1 aromatic carbocycles. The number of rotatable bonds is 7. The van der Waals surface area contributed by atoms with Gasteiger partial charge in [0.2, 0.25) is 11.8 Å². The molecule has 0 saturated carbocycles. The lowest BCUT2D eigenvalue weighted by molar-refractivity contribution is -0.130. The fourth-order valence-electron chi connectivity index (χ4n) is 4.67. The van der Waals surface area contributed by atoms with E-state index in [0.29, 0.717) is 25.7 Å². The summed E-state index contributed by atoms with van der Waals surface area (Å²) < 4.78 is 0. The largest absolute Gasteiger partial charge is 0.352 e. The molecule has 3 amide bonds. The van der Waals surface area contributed by atoms with Gasteiger partial charge in [-0.15, -0.1) is 0 Å². The Bertz CT molecular complexity index is 738. The third-order valence-electron chi connectivity index (χ3n) is 6.45. The summed E-state index contributed by atoms with van der Waals surface area (Å²) in [7, 11) is 0. The van der Waals surface area contributed by atoms with Gasteiger partial charge in [0.05, 0.1) is 6.54 Å². The molecule has 2 aliphatic heterocycles. The molecule has 2 aliphatic rings.